The normalized spacial score (nSPS) is 25.7. The van der Waals surface area contributed by atoms with Crippen molar-refractivity contribution in [1.29, 1.82) is 0 Å². The maximum atomic E-state index is 14.1. The molecule has 2 N–H and O–H groups in total. The molecule has 26 heavy (non-hydrogen) atoms. The lowest BCUT2D eigenvalue weighted by molar-refractivity contribution is -0.121. The predicted molar refractivity (Wildman–Crippen MR) is 103 cm³/mol. The lowest BCUT2D eigenvalue weighted by Crippen LogP contribution is -2.48. The van der Waals surface area contributed by atoms with Gasteiger partial charge in [-0.2, -0.15) is 0 Å². The predicted octanol–water partition coefficient (Wildman–Crippen LogP) is 4.06. The number of carbonyl (C=O) groups is 1. The van der Waals surface area contributed by atoms with E-state index in [4.69, 9.17) is 0 Å². The molecule has 0 spiro atoms. The second kappa shape index (κ2) is 7.80. The van der Waals surface area contributed by atoms with Crippen LogP contribution in [0.25, 0.3) is 0 Å². The number of nitrogens with one attached hydrogen (secondary N) is 2. The highest BCUT2D eigenvalue weighted by atomic mass is 32.2. The highest BCUT2D eigenvalue weighted by Crippen LogP contribution is 2.37. The average Bonchev–Trinajstić information content (AvgIpc) is 3.00. The van der Waals surface area contributed by atoms with Gasteiger partial charge in [0.15, 0.2) is 0 Å². The molecule has 5 heteroatoms. The first-order valence-corrected chi connectivity index (χ1v) is 10.1. The molecular formula is C21H23FN2OS. The van der Waals surface area contributed by atoms with Gasteiger partial charge in [0.2, 0.25) is 5.91 Å². The summed E-state index contributed by atoms with van der Waals surface area (Å²) < 4.78 is 14.1. The monoisotopic (exact) mass is 370 g/mol. The number of rotatable bonds is 5. The van der Waals surface area contributed by atoms with Crippen LogP contribution in [0.1, 0.15) is 36.5 Å². The molecule has 1 amide bonds. The van der Waals surface area contributed by atoms with E-state index in [0.717, 1.165) is 18.4 Å². The van der Waals surface area contributed by atoms with Crippen molar-refractivity contribution >= 4 is 17.7 Å². The minimum Gasteiger partial charge on any atom is -0.352 e. The van der Waals surface area contributed by atoms with E-state index in [9.17, 15) is 9.18 Å². The van der Waals surface area contributed by atoms with Crippen LogP contribution in [0, 0.1) is 5.82 Å². The summed E-state index contributed by atoms with van der Waals surface area (Å²) in [4.78, 5) is 13.6. The molecule has 0 saturated carbocycles. The Morgan fingerprint density at radius 2 is 1.69 bits per heavy atom. The molecule has 2 aliphatic rings. The molecule has 0 aromatic heterocycles. The number of carbonyl (C=O) groups excluding carboxylic acids is 1. The molecule has 2 heterocycles. The number of piperidine rings is 1. The number of benzene rings is 2. The van der Waals surface area contributed by atoms with Crippen molar-refractivity contribution in [2.24, 2.45) is 0 Å². The lowest BCUT2D eigenvalue weighted by Gasteiger charge is -2.31. The van der Waals surface area contributed by atoms with Gasteiger partial charge in [0, 0.05) is 23.0 Å². The minimum absolute atomic E-state index is 0.0317. The summed E-state index contributed by atoms with van der Waals surface area (Å²) in [7, 11) is 0. The highest BCUT2D eigenvalue weighted by molar-refractivity contribution is 8.00. The molecule has 2 aromatic rings. The topological polar surface area (TPSA) is 41.1 Å². The van der Waals surface area contributed by atoms with Gasteiger partial charge in [0.05, 0.1) is 0 Å². The van der Waals surface area contributed by atoms with Crippen LogP contribution in [0.2, 0.25) is 0 Å². The maximum absolute atomic E-state index is 14.1. The number of hydrogen-bond donors (Lipinski definition) is 2. The van der Waals surface area contributed by atoms with Gasteiger partial charge in [-0.15, -0.1) is 11.8 Å². The van der Waals surface area contributed by atoms with Crippen LogP contribution in [0.15, 0.2) is 59.5 Å². The van der Waals surface area contributed by atoms with Gasteiger partial charge in [-0.25, -0.2) is 4.39 Å². The summed E-state index contributed by atoms with van der Waals surface area (Å²) in [5, 5.41) is 6.37. The summed E-state index contributed by atoms with van der Waals surface area (Å²) in [6.45, 7) is 0. The quantitative estimate of drug-likeness (QED) is 0.780. The Labute approximate surface area is 157 Å². The van der Waals surface area contributed by atoms with Crippen LogP contribution in [-0.4, -0.2) is 24.0 Å². The summed E-state index contributed by atoms with van der Waals surface area (Å²) in [5.74, 6) is -0.318. The zero-order valence-electron chi connectivity index (χ0n) is 14.5. The molecule has 2 fully saturated rings. The third kappa shape index (κ3) is 3.94. The molecule has 2 aromatic carbocycles. The summed E-state index contributed by atoms with van der Waals surface area (Å²) in [5.41, 5.74) is 0.898. The number of thioether (sulfide) groups is 1. The lowest BCUT2D eigenvalue weighted by atomic mass is 9.99. The van der Waals surface area contributed by atoms with Gasteiger partial charge in [-0.1, -0.05) is 42.5 Å². The Bertz CT molecular complexity index is 758. The zero-order valence-corrected chi connectivity index (χ0v) is 15.3. The molecule has 2 saturated heterocycles. The van der Waals surface area contributed by atoms with Crippen LogP contribution >= 0.6 is 11.8 Å². The van der Waals surface area contributed by atoms with Gasteiger partial charge in [0.25, 0.3) is 0 Å². The number of halogens is 1. The summed E-state index contributed by atoms with van der Waals surface area (Å²) >= 11 is 1.28. The van der Waals surface area contributed by atoms with E-state index in [1.165, 1.54) is 30.7 Å². The fourth-order valence-electron chi connectivity index (χ4n) is 4.02. The first-order chi connectivity index (χ1) is 12.7. The Balaban J connectivity index is 1.52. The number of fused-ring (bicyclic) bond motifs is 2. The third-order valence-corrected chi connectivity index (χ3v) is 6.55. The van der Waals surface area contributed by atoms with E-state index >= 15 is 0 Å². The smallest absolute Gasteiger partial charge is 0.238 e. The van der Waals surface area contributed by atoms with Gasteiger partial charge < -0.3 is 10.6 Å². The van der Waals surface area contributed by atoms with Crippen LogP contribution in [0.4, 0.5) is 4.39 Å². The molecule has 2 aliphatic heterocycles. The van der Waals surface area contributed by atoms with Crippen molar-refractivity contribution in [3.05, 3.63) is 66.0 Å². The van der Waals surface area contributed by atoms with Crippen molar-refractivity contribution in [2.75, 3.05) is 0 Å². The Morgan fingerprint density at radius 1 is 1.04 bits per heavy atom. The molecule has 3 nitrogen and oxygen atoms in total. The van der Waals surface area contributed by atoms with E-state index in [1.807, 2.05) is 30.3 Å². The summed E-state index contributed by atoms with van der Waals surface area (Å²) in [6, 6.07) is 17.5. The van der Waals surface area contributed by atoms with Crippen LogP contribution in [-0.2, 0) is 4.79 Å². The van der Waals surface area contributed by atoms with E-state index in [-0.39, 0.29) is 17.8 Å². The van der Waals surface area contributed by atoms with Crippen LogP contribution in [0.3, 0.4) is 0 Å². The SMILES string of the molecule is O=C(NC1CC2CCC(C1)N2)C(Sc1ccccc1F)c1ccccc1. The Kier molecular flexibility index (Phi) is 5.27. The molecule has 2 bridgehead atoms. The zero-order chi connectivity index (χ0) is 17.9. The van der Waals surface area contributed by atoms with E-state index in [2.05, 4.69) is 10.6 Å². The molecule has 4 rings (SSSR count). The van der Waals surface area contributed by atoms with Crippen molar-refractivity contribution in [2.45, 2.75) is 54.0 Å². The highest BCUT2D eigenvalue weighted by Gasteiger charge is 2.35. The first-order valence-electron chi connectivity index (χ1n) is 9.21. The van der Waals surface area contributed by atoms with E-state index in [0.29, 0.717) is 17.0 Å². The Morgan fingerprint density at radius 3 is 2.38 bits per heavy atom. The molecule has 3 unspecified atom stereocenters. The fraction of sp³-hybridized carbons (Fsp3) is 0.381. The van der Waals surface area contributed by atoms with Crippen molar-refractivity contribution in [1.82, 2.24) is 10.6 Å². The third-order valence-electron chi connectivity index (χ3n) is 5.24. The molecule has 136 valence electrons. The van der Waals surface area contributed by atoms with Gasteiger partial charge in [0.1, 0.15) is 11.1 Å². The molecule has 0 radical (unpaired) electrons. The molecule has 3 atom stereocenters. The first kappa shape index (κ1) is 17.6. The summed E-state index contributed by atoms with van der Waals surface area (Å²) in [6.07, 6.45) is 4.36. The van der Waals surface area contributed by atoms with Crippen molar-refractivity contribution < 1.29 is 9.18 Å². The minimum atomic E-state index is -0.458. The van der Waals surface area contributed by atoms with Gasteiger partial charge in [-0.3, -0.25) is 4.79 Å². The number of hydrogen-bond acceptors (Lipinski definition) is 3. The number of amides is 1. The van der Waals surface area contributed by atoms with Crippen LogP contribution < -0.4 is 10.6 Å². The Hall–Kier alpha value is -1.85. The second-order valence-electron chi connectivity index (χ2n) is 7.15. The maximum Gasteiger partial charge on any atom is 0.238 e. The molecule has 0 aliphatic carbocycles. The van der Waals surface area contributed by atoms with Gasteiger partial charge in [-0.05, 0) is 43.4 Å². The largest absolute Gasteiger partial charge is 0.352 e. The van der Waals surface area contributed by atoms with Crippen molar-refractivity contribution in [3.63, 3.8) is 0 Å². The van der Waals surface area contributed by atoms with Gasteiger partial charge >= 0.3 is 0 Å². The second-order valence-corrected chi connectivity index (χ2v) is 8.30. The fourth-order valence-corrected chi connectivity index (χ4v) is 5.08. The molecular weight excluding hydrogens is 347 g/mol. The standard InChI is InChI=1S/C21H23FN2OS/c22-18-8-4-5-9-19(18)26-20(14-6-2-1-3-7-14)21(25)24-17-12-15-10-11-16(13-17)23-15/h1-9,15-17,20,23H,10-13H2,(H,24,25). The van der Waals surface area contributed by atoms with E-state index in [1.54, 1.807) is 18.2 Å². The van der Waals surface area contributed by atoms with Crippen LogP contribution in [0.5, 0.6) is 0 Å². The average molecular weight is 370 g/mol. The van der Waals surface area contributed by atoms with E-state index < -0.39 is 5.25 Å². The van der Waals surface area contributed by atoms with Crippen molar-refractivity contribution in [3.8, 4) is 0 Å².